The molecule has 0 aromatic carbocycles. The average Bonchev–Trinajstić information content (AvgIpc) is 2.03. The van der Waals surface area contributed by atoms with Crippen molar-refractivity contribution in [1.29, 1.82) is 0 Å². The third kappa shape index (κ3) is 1.43. The maximum atomic E-state index is 5.61. The van der Waals surface area contributed by atoms with Gasteiger partial charge in [0.2, 0.25) is 0 Å². The van der Waals surface area contributed by atoms with Crippen molar-refractivity contribution < 1.29 is 4.74 Å². The lowest BCUT2D eigenvalue weighted by Gasteiger charge is -2.51. The van der Waals surface area contributed by atoms with Crippen molar-refractivity contribution in [3.05, 3.63) is 0 Å². The molecular formula is C9H18OS. The summed E-state index contributed by atoms with van der Waals surface area (Å²) in [4.78, 5) is 0. The maximum Gasteiger partial charge on any atom is 0.0649 e. The van der Waals surface area contributed by atoms with E-state index in [1.54, 1.807) is 0 Å². The van der Waals surface area contributed by atoms with Crippen LogP contribution in [0.2, 0.25) is 0 Å². The van der Waals surface area contributed by atoms with Gasteiger partial charge in [-0.1, -0.05) is 13.8 Å². The van der Waals surface area contributed by atoms with E-state index in [9.17, 15) is 0 Å². The Morgan fingerprint density at radius 3 is 2.55 bits per heavy atom. The first kappa shape index (κ1) is 9.40. The van der Waals surface area contributed by atoms with Crippen molar-refractivity contribution in [1.82, 2.24) is 0 Å². The van der Waals surface area contributed by atoms with Gasteiger partial charge in [0, 0.05) is 17.3 Å². The topological polar surface area (TPSA) is 9.23 Å². The summed E-state index contributed by atoms with van der Waals surface area (Å²) in [6.45, 7) is 7.38. The van der Waals surface area contributed by atoms with E-state index in [-0.39, 0.29) is 0 Å². The second-order valence-corrected chi connectivity index (χ2v) is 4.18. The fourth-order valence-corrected chi connectivity index (χ4v) is 2.26. The largest absolute Gasteiger partial charge is 0.378 e. The third-order valence-electron chi connectivity index (χ3n) is 3.06. The average molecular weight is 174 g/mol. The number of hydrogen-bond acceptors (Lipinski definition) is 2. The minimum atomic E-state index is 0.332. The first-order valence-corrected chi connectivity index (χ1v) is 4.96. The van der Waals surface area contributed by atoms with Gasteiger partial charge in [-0.2, -0.15) is 12.6 Å². The molecule has 1 nitrogen and oxygen atoms in total. The molecule has 0 amide bonds. The maximum absolute atomic E-state index is 5.61. The highest BCUT2D eigenvalue weighted by Crippen LogP contribution is 2.48. The van der Waals surface area contributed by atoms with Gasteiger partial charge in [0.1, 0.15) is 0 Å². The molecule has 0 heterocycles. The molecule has 0 saturated heterocycles. The molecule has 2 heteroatoms. The lowest BCUT2D eigenvalue weighted by molar-refractivity contribution is -0.0930. The van der Waals surface area contributed by atoms with E-state index in [4.69, 9.17) is 4.74 Å². The van der Waals surface area contributed by atoms with Gasteiger partial charge in [0.15, 0.2) is 0 Å². The molecule has 0 aliphatic heterocycles. The molecule has 1 saturated carbocycles. The van der Waals surface area contributed by atoms with E-state index in [1.807, 2.05) is 0 Å². The van der Waals surface area contributed by atoms with Gasteiger partial charge in [-0.15, -0.1) is 0 Å². The molecule has 0 bridgehead atoms. The van der Waals surface area contributed by atoms with E-state index >= 15 is 0 Å². The van der Waals surface area contributed by atoms with Crippen LogP contribution in [0.4, 0.5) is 0 Å². The summed E-state index contributed by atoms with van der Waals surface area (Å²) < 4.78 is 5.61. The van der Waals surface area contributed by atoms with Crippen LogP contribution < -0.4 is 0 Å². The van der Waals surface area contributed by atoms with Gasteiger partial charge >= 0.3 is 0 Å². The van der Waals surface area contributed by atoms with E-state index < -0.39 is 0 Å². The van der Waals surface area contributed by atoms with Crippen LogP contribution in [0.25, 0.3) is 0 Å². The molecule has 1 aliphatic rings. The first-order valence-electron chi connectivity index (χ1n) is 4.44. The summed E-state index contributed by atoms with van der Waals surface area (Å²) in [5, 5.41) is 0.545. The Hall–Kier alpha value is 0.310. The highest BCUT2D eigenvalue weighted by atomic mass is 32.1. The van der Waals surface area contributed by atoms with Crippen LogP contribution in [0.15, 0.2) is 0 Å². The van der Waals surface area contributed by atoms with Gasteiger partial charge in [0.05, 0.1) is 6.10 Å². The molecule has 66 valence electrons. The zero-order valence-electron chi connectivity index (χ0n) is 7.63. The Morgan fingerprint density at radius 2 is 2.18 bits per heavy atom. The minimum absolute atomic E-state index is 0.332. The van der Waals surface area contributed by atoms with Crippen LogP contribution >= 0.6 is 12.6 Å². The quantitative estimate of drug-likeness (QED) is 0.647. The van der Waals surface area contributed by atoms with Crippen LogP contribution in [0.1, 0.15) is 33.6 Å². The Bertz CT molecular complexity index is 136. The minimum Gasteiger partial charge on any atom is -0.378 e. The second kappa shape index (κ2) is 3.36. The van der Waals surface area contributed by atoms with E-state index in [0.717, 1.165) is 13.0 Å². The van der Waals surface area contributed by atoms with Crippen LogP contribution in [0, 0.1) is 5.41 Å². The number of thiol groups is 1. The monoisotopic (exact) mass is 174 g/mol. The molecule has 0 aromatic heterocycles. The van der Waals surface area contributed by atoms with E-state index in [2.05, 4.69) is 33.4 Å². The normalized spacial score (nSPS) is 43.6. The molecule has 3 unspecified atom stereocenters. The summed E-state index contributed by atoms with van der Waals surface area (Å²) >= 11 is 4.52. The molecule has 1 fully saturated rings. The van der Waals surface area contributed by atoms with Crippen molar-refractivity contribution in [3.63, 3.8) is 0 Å². The highest BCUT2D eigenvalue weighted by Gasteiger charge is 2.49. The summed E-state index contributed by atoms with van der Waals surface area (Å²) in [6.07, 6.45) is 2.76. The van der Waals surface area contributed by atoms with Gasteiger partial charge < -0.3 is 4.74 Å². The molecule has 3 atom stereocenters. The van der Waals surface area contributed by atoms with E-state index in [1.165, 1.54) is 6.42 Å². The molecule has 1 aliphatic carbocycles. The lowest BCUT2D eigenvalue weighted by atomic mass is 9.65. The van der Waals surface area contributed by atoms with Crippen LogP contribution in [-0.4, -0.2) is 18.0 Å². The lowest BCUT2D eigenvalue weighted by Crippen LogP contribution is -2.53. The molecule has 11 heavy (non-hydrogen) atoms. The summed E-state index contributed by atoms with van der Waals surface area (Å²) in [7, 11) is 0. The fourth-order valence-electron chi connectivity index (χ4n) is 1.72. The fraction of sp³-hybridized carbons (Fsp3) is 1.00. The summed E-state index contributed by atoms with van der Waals surface area (Å²) in [5.74, 6) is 0. The summed E-state index contributed by atoms with van der Waals surface area (Å²) in [5.41, 5.74) is 0.332. The molecule has 0 spiro atoms. The van der Waals surface area contributed by atoms with E-state index in [0.29, 0.717) is 16.8 Å². The number of hydrogen-bond donors (Lipinski definition) is 1. The van der Waals surface area contributed by atoms with Crippen molar-refractivity contribution in [2.75, 3.05) is 6.61 Å². The predicted octanol–water partition coefficient (Wildman–Crippen LogP) is 2.51. The molecule has 0 radical (unpaired) electrons. The van der Waals surface area contributed by atoms with Crippen molar-refractivity contribution in [2.45, 2.75) is 45.0 Å². The third-order valence-corrected chi connectivity index (χ3v) is 3.86. The Balaban J connectivity index is 2.47. The summed E-state index contributed by atoms with van der Waals surface area (Å²) in [6, 6.07) is 0. The SMILES string of the molecule is CCOC1CC(S)C1(C)CC. The van der Waals surface area contributed by atoms with Crippen LogP contribution in [-0.2, 0) is 4.74 Å². The standard InChI is InChI=1S/C9H18OS/c1-4-9(3)7(10-5-2)6-8(9)11/h7-8,11H,4-6H2,1-3H3. The van der Waals surface area contributed by atoms with Gasteiger partial charge in [-0.3, -0.25) is 0 Å². The molecule has 0 aromatic rings. The number of ether oxygens (including phenoxy) is 1. The van der Waals surface area contributed by atoms with Gasteiger partial charge in [-0.25, -0.2) is 0 Å². The van der Waals surface area contributed by atoms with Crippen LogP contribution in [0.5, 0.6) is 0 Å². The second-order valence-electron chi connectivity index (χ2n) is 3.55. The van der Waals surface area contributed by atoms with Gasteiger partial charge in [-0.05, 0) is 19.8 Å². The zero-order valence-corrected chi connectivity index (χ0v) is 8.53. The Labute approximate surface area is 74.9 Å². The predicted molar refractivity (Wildman–Crippen MR) is 51.2 cm³/mol. The highest BCUT2D eigenvalue weighted by molar-refractivity contribution is 7.81. The van der Waals surface area contributed by atoms with Crippen molar-refractivity contribution in [2.24, 2.45) is 5.41 Å². The van der Waals surface area contributed by atoms with Crippen LogP contribution in [0.3, 0.4) is 0 Å². The zero-order chi connectivity index (χ0) is 8.48. The van der Waals surface area contributed by atoms with Crippen molar-refractivity contribution in [3.8, 4) is 0 Å². The molecular weight excluding hydrogens is 156 g/mol. The molecule has 0 N–H and O–H groups in total. The van der Waals surface area contributed by atoms with Gasteiger partial charge in [0.25, 0.3) is 0 Å². The smallest absolute Gasteiger partial charge is 0.0649 e. The first-order chi connectivity index (χ1) is 5.15. The Morgan fingerprint density at radius 1 is 1.55 bits per heavy atom. The number of rotatable bonds is 3. The van der Waals surface area contributed by atoms with Crippen molar-refractivity contribution >= 4 is 12.6 Å². The Kier molecular flexibility index (Phi) is 2.87. The molecule has 1 rings (SSSR count).